The summed E-state index contributed by atoms with van der Waals surface area (Å²) in [4.78, 5) is 30.5. The molecule has 3 heterocycles. The van der Waals surface area contributed by atoms with Crippen molar-refractivity contribution < 1.29 is 19.2 Å². The van der Waals surface area contributed by atoms with Crippen LogP contribution in [-0.4, -0.2) is 65.3 Å². The molecular weight excluding hydrogens is 476 g/mol. The number of nitrogens with one attached hydrogen (secondary N) is 2. The van der Waals surface area contributed by atoms with Gasteiger partial charge in [-0.3, -0.25) is 15.1 Å². The first kappa shape index (κ1) is 26.5. The quantitative estimate of drug-likeness (QED) is 0.419. The van der Waals surface area contributed by atoms with Crippen LogP contribution in [0.3, 0.4) is 0 Å². The molecule has 1 aromatic carbocycles. The summed E-state index contributed by atoms with van der Waals surface area (Å²) in [6.07, 6.45) is 4.95. The summed E-state index contributed by atoms with van der Waals surface area (Å²) in [5, 5.41) is 17.3. The van der Waals surface area contributed by atoms with Crippen molar-refractivity contribution in [2.24, 2.45) is 4.99 Å². The molecule has 0 saturated carbocycles. The topological polar surface area (TPSA) is 122 Å². The molecule has 1 fully saturated rings. The first-order valence-electron chi connectivity index (χ1n) is 12.6. The molecule has 1 aromatic rings. The van der Waals surface area contributed by atoms with E-state index in [1.165, 1.54) is 0 Å². The van der Waals surface area contributed by atoms with E-state index in [2.05, 4.69) is 29.6 Å². The number of hydrogen-bond acceptors (Lipinski definition) is 9. The number of benzene rings is 1. The molecule has 1 saturated heterocycles. The summed E-state index contributed by atoms with van der Waals surface area (Å²) in [7, 11) is 1.58. The predicted molar refractivity (Wildman–Crippen MR) is 142 cm³/mol. The molecule has 37 heavy (non-hydrogen) atoms. The first-order chi connectivity index (χ1) is 17.5. The Hall–Kier alpha value is -3.60. The second-order valence-electron chi connectivity index (χ2n) is 10.7. The average molecular weight is 513 g/mol. The number of aliphatic imine (C=N–C) groups is 1. The molecule has 11 heteroatoms. The third-order valence-electron chi connectivity index (χ3n) is 6.42. The summed E-state index contributed by atoms with van der Waals surface area (Å²) < 4.78 is 11.1. The Labute approximate surface area is 217 Å². The molecule has 2 N–H and O–H groups in total. The normalized spacial score (nSPS) is 19.6. The zero-order valence-corrected chi connectivity index (χ0v) is 22.3. The van der Waals surface area contributed by atoms with Gasteiger partial charge in [0.1, 0.15) is 18.0 Å². The van der Waals surface area contributed by atoms with Crippen LogP contribution < -0.4 is 10.7 Å². The molecule has 0 aliphatic carbocycles. The van der Waals surface area contributed by atoms with Crippen LogP contribution in [0.1, 0.15) is 64.5 Å². The van der Waals surface area contributed by atoms with Crippen LogP contribution in [0, 0.1) is 10.1 Å². The third-order valence-corrected chi connectivity index (χ3v) is 6.42. The highest BCUT2D eigenvalue weighted by molar-refractivity contribution is 6.03. The minimum Gasteiger partial charge on any atom is -0.493 e. The van der Waals surface area contributed by atoms with E-state index in [1.54, 1.807) is 23.1 Å². The fraction of sp³-hybridized carbons (Fsp3) is 0.538. The van der Waals surface area contributed by atoms with Crippen LogP contribution in [0.4, 0.5) is 16.2 Å². The number of carbonyl (C=O) groups is 1. The molecule has 0 bridgehead atoms. The van der Waals surface area contributed by atoms with Gasteiger partial charge in [0.05, 0.1) is 12.0 Å². The number of hydrazine groups is 1. The second-order valence-corrected chi connectivity index (χ2v) is 10.7. The highest BCUT2D eigenvalue weighted by Gasteiger charge is 2.31. The molecule has 3 aliphatic heterocycles. The molecule has 11 nitrogen and oxygen atoms in total. The largest absolute Gasteiger partial charge is 0.493 e. The Balaban J connectivity index is 1.65. The van der Waals surface area contributed by atoms with Crippen molar-refractivity contribution in [2.75, 3.05) is 32.2 Å². The number of nitro groups is 1. The van der Waals surface area contributed by atoms with Gasteiger partial charge in [-0.05, 0) is 62.8 Å². The predicted octanol–water partition coefficient (Wildman–Crippen LogP) is 4.59. The van der Waals surface area contributed by atoms with Crippen LogP contribution in [0.25, 0.3) is 5.57 Å². The number of amidine groups is 1. The van der Waals surface area contributed by atoms with Gasteiger partial charge in [0.2, 0.25) is 0 Å². The van der Waals surface area contributed by atoms with Gasteiger partial charge in [0.25, 0.3) is 5.69 Å². The number of fused-ring (bicyclic) bond motifs is 1. The smallest absolute Gasteiger partial charge is 0.410 e. The van der Waals surface area contributed by atoms with Crippen LogP contribution in [0.5, 0.6) is 0 Å². The number of ether oxygens (including phenoxy) is 2. The minimum atomic E-state index is -0.583. The Morgan fingerprint density at radius 2 is 2.08 bits per heavy atom. The summed E-state index contributed by atoms with van der Waals surface area (Å²) >= 11 is 0. The number of likely N-dealkylation sites (tertiary alicyclic amines) is 1. The van der Waals surface area contributed by atoms with Gasteiger partial charge in [-0.1, -0.05) is 13.8 Å². The molecule has 1 atom stereocenters. The lowest BCUT2D eigenvalue weighted by atomic mass is 9.90. The SMILES string of the molecule is COC1=CC(c2cc([N+](=O)[O-])c(NC3CCCN(C(=O)OC(C)(C)C)C3)cc2C(C)C)=CN2NCN=C12. The summed E-state index contributed by atoms with van der Waals surface area (Å²) in [5.74, 6) is 1.37. The van der Waals surface area contributed by atoms with Crippen LogP contribution >= 0.6 is 0 Å². The lowest BCUT2D eigenvalue weighted by Gasteiger charge is -2.35. The zero-order valence-electron chi connectivity index (χ0n) is 22.3. The van der Waals surface area contributed by atoms with Crippen LogP contribution in [-0.2, 0) is 9.47 Å². The number of rotatable bonds is 6. The summed E-state index contributed by atoms with van der Waals surface area (Å²) in [6.45, 7) is 11.1. The zero-order chi connectivity index (χ0) is 26.9. The van der Waals surface area contributed by atoms with Gasteiger partial charge in [0.15, 0.2) is 11.6 Å². The molecule has 200 valence electrons. The molecule has 1 amide bonds. The number of nitro benzene ring substituents is 1. The molecule has 3 aliphatic rings. The number of allylic oxidation sites excluding steroid dienone is 2. The van der Waals surface area contributed by atoms with E-state index in [0.717, 1.165) is 29.5 Å². The number of carbonyl (C=O) groups excluding carboxylic acids is 1. The lowest BCUT2D eigenvalue weighted by molar-refractivity contribution is -0.384. The van der Waals surface area contributed by atoms with Gasteiger partial charge >= 0.3 is 6.09 Å². The average Bonchev–Trinajstić information content (AvgIpc) is 3.31. The maximum atomic E-state index is 12.6. The lowest BCUT2D eigenvalue weighted by Crippen LogP contribution is -2.47. The van der Waals surface area contributed by atoms with Gasteiger partial charge in [0, 0.05) is 37.0 Å². The van der Waals surface area contributed by atoms with E-state index < -0.39 is 5.60 Å². The van der Waals surface area contributed by atoms with Crippen molar-refractivity contribution in [3.05, 3.63) is 51.4 Å². The number of anilines is 1. The maximum Gasteiger partial charge on any atom is 0.410 e. The van der Waals surface area contributed by atoms with E-state index >= 15 is 0 Å². The van der Waals surface area contributed by atoms with E-state index in [9.17, 15) is 14.9 Å². The number of amides is 1. The molecule has 0 radical (unpaired) electrons. The molecule has 1 unspecified atom stereocenters. The monoisotopic (exact) mass is 512 g/mol. The van der Waals surface area contributed by atoms with Gasteiger partial charge < -0.3 is 19.7 Å². The molecular formula is C26H36N6O5. The maximum absolute atomic E-state index is 12.6. The summed E-state index contributed by atoms with van der Waals surface area (Å²) in [5.41, 5.74) is 5.50. The van der Waals surface area contributed by atoms with Gasteiger partial charge in [-0.25, -0.2) is 15.2 Å². The Morgan fingerprint density at radius 1 is 1.32 bits per heavy atom. The van der Waals surface area contributed by atoms with Crippen molar-refractivity contribution in [1.29, 1.82) is 0 Å². The van der Waals surface area contributed by atoms with Crippen molar-refractivity contribution in [3.8, 4) is 0 Å². The molecule has 0 spiro atoms. The fourth-order valence-electron chi connectivity index (χ4n) is 4.73. The standard InChI is InChI=1S/C26H36N6O5/c1-16(2)19-11-21(29-18-8-7-9-30(14-18)25(33)37-26(3,4)5)22(32(34)35)12-20(19)17-10-23(36-6)24-27-15-28-31(24)13-17/h10-13,16,18,28-29H,7-9,14-15H2,1-6H3. The number of methoxy groups -OCH3 is 1. The van der Waals surface area contributed by atoms with Crippen molar-refractivity contribution in [2.45, 2.75) is 65.0 Å². The van der Waals surface area contributed by atoms with E-state index in [1.807, 2.05) is 39.1 Å². The second kappa shape index (κ2) is 10.4. The van der Waals surface area contributed by atoms with Crippen molar-refractivity contribution >= 4 is 28.9 Å². The molecule has 0 aromatic heterocycles. The number of nitrogens with zero attached hydrogens (tertiary/aromatic N) is 4. The van der Waals surface area contributed by atoms with E-state index in [0.29, 0.717) is 37.0 Å². The Morgan fingerprint density at radius 3 is 2.73 bits per heavy atom. The number of hydrogen-bond donors (Lipinski definition) is 2. The van der Waals surface area contributed by atoms with E-state index in [-0.39, 0.29) is 28.7 Å². The van der Waals surface area contributed by atoms with Gasteiger partial charge in [-0.2, -0.15) is 0 Å². The van der Waals surface area contributed by atoms with Gasteiger partial charge in [-0.15, -0.1) is 0 Å². The highest BCUT2D eigenvalue weighted by Crippen LogP contribution is 2.38. The highest BCUT2D eigenvalue weighted by atomic mass is 16.6. The number of piperidine rings is 1. The van der Waals surface area contributed by atoms with E-state index in [4.69, 9.17) is 9.47 Å². The van der Waals surface area contributed by atoms with Crippen molar-refractivity contribution in [3.63, 3.8) is 0 Å². The van der Waals surface area contributed by atoms with Crippen molar-refractivity contribution in [1.82, 2.24) is 15.3 Å². The third kappa shape index (κ3) is 5.87. The first-order valence-corrected chi connectivity index (χ1v) is 12.6. The minimum absolute atomic E-state index is 0.0177. The molecule has 4 rings (SSSR count). The van der Waals surface area contributed by atoms with Crippen LogP contribution in [0.2, 0.25) is 0 Å². The Bertz CT molecular complexity index is 1170. The summed E-state index contributed by atoms with van der Waals surface area (Å²) in [6, 6.07) is 3.36. The Kier molecular flexibility index (Phi) is 7.44. The van der Waals surface area contributed by atoms with Crippen LogP contribution in [0.15, 0.2) is 35.2 Å². The fourth-order valence-corrected chi connectivity index (χ4v) is 4.73.